The summed E-state index contributed by atoms with van der Waals surface area (Å²) in [7, 11) is 0. The van der Waals surface area contributed by atoms with Gasteiger partial charge in [0.2, 0.25) is 5.91 Å². The summed E-state index contributed by atoms with van der Waals surface area (Å²) in [5.41, 5.74) is 3.11. The Bertz CT molecular complexity index is 1150. The molecule has 0 fully saturated rings. The Morgan fingerprint density at radius 1 is 1.07 bits per heavy atom. The summed E-state index contributed by atoms with van der Waals surface area (Å²) in [5.74, 6) is 1.67. The number of fused-ring (bicyclic) bond motifs is 2. The standard InChI is InChI=1S/C23H21N3O2S/c27-23(25-12-10-21-17(14-25)11-13-29-21)15-26-20-9-5-4-8-19(20)24-22(26)16-28-18-6-2-1-3-7-18/h1-9,11,13H,10,12,14-16H2. The molecule has 2 aromatic carbocycles. The Morgan fingerprint density at radius 2 is 1.90 bits per heavy atom. The minimum atomic E-state index is 0.117. The summed E-state index contributed by atoms with van der Waals surface area (Å²) in [6.45, 7) is 2.06. The Morgan fingerprint density at radius 3 is 2.79 bits per heavy atom. The number of hydrogen-bond acceptors (Lipinski definition) is 4. The fraction of sp³-hybridized carbons (Fsp3) is 0.217. The molecule has 4 aromatic rings. The summed E-state index contributed by atoms with van der Waals surface area (Å²) in [6.07, 6.45) is 0.938. The van der Waals surface area contributed by atoms with Crippen LogP contribution in [0, 0.1) is 0 Å². The van der Waals surface area contributed by atoms with E-state index in [4.69, 9.17) is 9.72 Å². The summed E-state index contributed by atoms with van der Waals surface area (Å²) < 4.78 is 7.91. The number of hydrogen-bond donors (Lipinski definition) is 0. The molecule has 2 aromatic heterocycles. The molecule has 0 N–H and O–H groups in total. The molecule has 1 amide bonds. The highest BCUT2D eigenvalue weighted by molar-refractivity contribution is 7.10. The van der Waals surface area contributed by atoms with Crippen LogP contribution in [-0.2, 0) is 30.9 Å². The van der Waals surface area contributed by atoms with Crippen LogP contribution in [-0.4, -0.2) is 26.9 Å². The number of amides is 1. The molecule has 29 heavy (non-hydrogen) atoms. The number of nitrogens with zero attached hydrogens (tertiary/aromatic N) is 3. The third-order valence-electron chi connectivity index (χ3n) is 5.30. The van der Waals surface area contributed by atoms with Crippen LogP contribution < -0.4 is 4.74 Å². The van der Waals surface area contributed by atoms with Crippen molar-refractivity contribution in [2.45, 2.75) is 26.1 Å². The lowest BCUT2D eigenvalue weighted by Gasteiger charge is -2.27. The molecule has 0 unspecified atom stereocenters. The molecule has 1 aliphatic heterocycles. The molecular weight excluding hydrogens is 382 g/mol. The van der Waals surface area contributed by atoms with Gasteiger partial charge in [-0.25, -0.2) is 4.98 Å². The molecule has 5 nitrogen and oxygen atoms in total. The minimum absolute atomic E-state index is 0.117. The second kappa shape index (κ2) is 7.72. The molecule has 1 aliphatic rings. The molecule has 0 saturated heterocycles. The number of ether oxygens (including phenoxy) is 1. The molecule has 3 heterocycles. The van der Waals surface area contributed by atoms with Crippen LogP contribution >= 0.6 is 11.3 Å². The lowest BCUT2D eigenvalue weighted by Crippen LogP contribution is -2.37. The van der Waals surface area contributed by atoms with Gasteiger partial charge in [-0.1, -0.05) is 30.3 Å². The Kier molecular flexibility index (Phi) is 4.77. The van der Waals surface area contributed by atoms with Crippen LogP contribution in [0.1, 0.15) is 16.3 Å². The number of aromatic nitrogens is 2. The molecule has 6 heteroatoms. The van der Waals surface area contributed by atoms with Gasteiger partial charge >= 0.3 is 0 Å². The average Bonchev–Trinajstić information content (AvgIpc) is 3.37. The maximum absolute atomic E-state index is 13.1. The topological polar surface area (TPSA) is 47.4 Å². The summed E-state index contributed by atoms with van der Waals surface area (Å²) in [5, 5.41) is 2.11. The summed E-state index contributed by atoms with van der Waals surface area (Å²) in [4.78, 5) is 21.2. The van der Waals surface area contributed by atoms with E-state index in [2.05, 4.69) is 11.4 Å². The number of rotatable bonds is 5. The molecule has 146 valence electrons. The molecular formula is C23H21N3O2S. The van der Waals surface area contributed by atoms with Crippen molar-refractivity contribution >= 4 is 28.3 Å². The van der Waals surface area contributed by atoms with Crippen molar-refractivity contribution in [3.8, 4) is 5.75 Å². The quantitative estimate of drug-likeness (QED) is 0.500. The molecule has 0 radical (unpaired) electrons. The van der Waals surface area contributed by atoms with Gasteiger partial charge in [-0.15, -0.1) is 11.3 Å². The first-order chi connectivity index (χ1) is 14.3. The van der Waals surface area contributed by atoms with Gasteiger partial charge in [0, 0.05) is 18.0 Å². The largest absolute Gasteiger partial charge is 0.486 e. The maximum atomic E-state index is 13.1. The van der Waals surface area contributed by atoms with Crippen LogP contribution in [0.15, 0.2) is 66.0 Å². The molecule has 0 atom stereocenters. The van der Waals surface area contributed by atoms with Crippen molar-refractivity contribution in [2.24, 2.45) is 0 Å². The van der Waals surface area contributed by atoms with Gasteiger partial charge in [-0.2, -0.15) is 0 Å². The highest BCUT2D eigenvalue weighted by atomic mass is 32.1. The summed E-state index contributed by atoms with van der Waals surface area (Å²) in [6, 6.07) is 19.7. The van der Waals surface area contributed by atoms with Crippen LogP contribution in [0.4, 0.5) is 0 Å². The van der Waals surface area contributed by atoms with Gasteiger partial charge in [0.1, 0.15) is 24.7 Å². The SMILES string of the molecule is O=C(Cn1c(COc2ccccc2)nc2ccccc21)N1CCc2sccc2C1. The molecule has 0 saturated carbocycles. The normalized spacial score (nSPS) is 13.4. The third-order valence-corrected chi connectivity index (χ3v) is 6.32. The first-order valence-electron chi connectivity index (χ1n) is 9.73. The van der Waals surface area contributed by atoms with E-state index in [1.54, 1.807) is 11.3 Å². The smallest absolute Gasteiger partial charge is 0.242 e. The molecule has 0 bridgehead atoms. The minimum Gasteiger partial charge on any atom is -0.486 e. The highest BCUT2D eigenvalue weighted by Gasteiger charge is 2.23. The van der Waals surface area contributed by atoms with Crippen LogP contribution in [0.2, 0.25) is 0 Å². The Balaban J connectivity index is 1.39. The van der Waals surface area contributed by atoms with Crippen molar-refractivity contribution in [2.75, 3.05) is 6.54 Å². The van der Waals surface area contributed by atoms with E-state index < -0.39 is 0 Å². The first-order valence-corrected chi connectivity index (χ1v) is 10.6. The number of imidazole rings is 1. The van der Waals surface area contributed by atoms with Crippen LogP contribution in [0.25, 0.3) is 11.0 Å². The predicted molar refractivity (Wildman–Crippen MR) is 114 cm³/mol. The van der Waals surface area contributed by atoms with E-state index in [0.29, 0.717) is 13.2 Å². The van der Waals surface area contributed by atoms with Crippen molar-refractivity contribution in [1.82, 2.24) is 14.5 Å². The molecule has 0 spiro atoms. The van der Waals surface area contributed by atoms with Gasteiger partial charge < -0.3 is 14.2 Å². The molecule has 0 aliphatic carbocycles. The average molecular weight is 404 g/mol. The molecule has 5 rings (SSSR count). The van der Waals surface area contributed by atoms with E-state index in [0.717, 1.165) is 35.6 Å². The third kappa shape index (κ3) is 3.63. The lowest BCUT2D eigenvalue weighted by atomic mass is 10.1. The second-order valence-corrected chi connectivity index (χ2v) is 8.14. The van der Waals surface area contributed by atoms with E-state index in [1.165, 1.54) is 10.4 Å². The van der Waals surface area contributed by atoms with E-state index in [-0.39, 0.29) is 12.5 Å². The fourth-order valence-corrected chi connectivity index (χ4v) is 4.66. The lowest BCUT2D eigenvalue weighted by molar-refractivity contribution is -0.132. The van der Waals surface area contributed by atoms with Gasteiger partial charge in [-0.3, -0.25) is 4.79 Å². The highest BCUT2D eigenvalue weighted by Crippen LogP contribution is 2.25. The van der Waals surface area contributed by atoms with Crippen molar-refractivity contribution in [1.29, 1.82) is 0 Å². The van der Waals surface area contributed by atoms with Crippen molar-refractivity contribution in [3.63, 3.8) is 0 Å². The Labute approximate surface area is 173 Å². The maximum Gasteiger partial charge on any atom is 0.242 e. The van der Waals surface area contributed by atoms with E-state index >= 15 is 0 Å². The zero-order chi connectivity index (χ0) is 19.6. The number of benzene rings is 2. The Hall–Kier alpha value is -3.12. The number of thiophene rings is 1. The second-order valence-electron chi connectivity index (χ2n) is 7.14. The zero-order valence-corrected chi connectivity index (χ0v) is 16.8. The predicted octanol–water partition coefficient (Wildman–Crippen LogP) is 4.26. The van der Waals surface area contributed by atoms with Crippen LogP contribution in [0.5, 0.6) is 5.75 Å². The van der Waals surface area contributed by atoms with Gasteiger partial charge in [-0.05, 0) is 47.7 Å². The van der Waals surface area contributed by atoms with Gasteiger partial charge in [0.15, 0.2) is 0 Å². The number of para-hydroxylation sites is 3. The van der Waals surface area contributed by atoms with E-state index in [1.807, 2.05) is 64.1 Å². The zero-order valence-electron chi connectivity index (χ0n) is 16.0. The van der Waals surface area contributed by atoms with E-state index in [9.17, 15) is 4.79 Å². The summed E-state index contributed by atoms with van der Waals surface area (Å²) >= 11 is 1.78. The van der Waals surface area contributed by atoms with Gasteiger partial charge in [0.25, 0.3) is 0 Å². The number of carbonyl (C=O) groups is 1. The van der Waals surface area contributed by atoms with Crippen molar-refractivity contribution in [3.05, 3.63) is 82.3 Å². The van der Waals surface area contributed by atoms with Crippen molar-refractivity contribution < 1.29 is 9.53 Å². The van der Waals surface area contributed by atoms with Gasteiger partial charge in [0.05, 0.1) is 11.0 Å². The first kappa shape index (κ1) is 17.9. The number of carbonyl (C=O) groups excluding carboxylic acids is 1. The monoisotopic (exact) mass is 403 g/mol. The van der Waals surface area contributed by atoms with Crippen LogP contribution in [0.3, 0.4) is 0 Å². The fourth-order valence-electron chi connectivity index (χ4n) is 3.77.